The minimum atomic E-state index is -0.821. The number of hydrogen-bond acceptors (Lipinski definition) is 7. The molecule has 4 rings (SSSR count). The van der Waals surface area contributed by atoms with Crippen LogP contribution in [0.3, 0.4) is 0 Å². The van der Waals surface area contributed by atoms with Gasteiger partial charge in [0.05, 0.1) is 5.70 Å². The summed E-state index contributed by atoms with van der Waals surface area (Å²) >= 11 is 0. The van der Waals surface area contributed by atoms with Crippen molar-refractivity contribution < 1.29 is 9.18 Å². The van der Waals surface area contributed by atoms with Crippen LogP contribution in [0.2, 0.25) is 0 Å². The van der Waals surface area contributed by atoms with Crippen molar-refractivity contribution in [1.29, 1.82) is 5.26 Å². The van der Waals surface area contributed by atoms with Crippen molar-refractivity contribution in [2.75, 3.05) is 25.0 Å². The van der Waals surface area contributed by atoms with Crippen molar-refractivity contribution in [3.63, 3.8) is 0 Å². The number of carbonyl (C=O) groups is 1. The number of rotatable bonds is 5. The number of halogens is 1. The third-order valence-electron chi connectivity index (χ3n) is 6.30. The number of hydrogen-bond donors (Lipinski definition) is 3. The maximum absolute atomic E-state index is 14.4. The molecule has 1 amide bonds. The first kappa shape index (κ1) is 20.3. The number of allylic oxidation sites excluding steroid dienone is 2. The van der Waals surface area contributed by atoms with E-state index in [4.69, 9.17) is 5.26 Å². The molecule has 0 bridgehead atoms. The van der Waals surface area contributed by atoms with Crippen molar-refractivity contribution in [2.45, 2.75) is 44.7 Å². The van der Waals surface area contributed by atoms with Gasteiger partial charge in [0.25, 0.3) is 0 Å². The molecule has 8 nitrogen and oxygen atoms in total. The normalized spacial score (nSPS) is 29.0. The number of fused-ring (bicyclic) bond motifs is 1. The second-order valence-electron chi connectivity index (χ2n) is 8.15. The van der Waals surface area contributed by atoms with E-state index in [0.717, 1.165) is 25.1 Å². The van der Waals surface area contributed by atoms with Crippen LogP contribution in [0.15, 0.2) is 35.4 Å². The molecule has 0 aromatic carbocycles. The van der Waals surface area contributed by atoms with Crippen molar-refractivity contribution >= 4 is 11.7 Å². The van der Waals surface area contributed by atoms with Gasteiger partial charge in [-0.05, 0) is 51.4 Å². The van der Waals surface area contributed by atoms with Gasteiger partial charge in [0, 0.05) is 37.2 Å². The van der Waals surface area contributed by atoms with E-state index in [1.165, 1.54) is 6.08 Å². The molecule has 3 heterocycles. The molecule has 1 aromatic rings. The molecule has 0 radical (unpaired) electrons. The lowest BCUT2D eigenvalue weighted by molar-refractivity contribution is -0.131. The van der Waals surface area contributed by atoms with E-state index in [2.05, 4.69) is 31.0 Å². The fraction of sp³-hybridized carbons (Fsp3) is 0.524. The highest BCUT2D eigenvalue weighted by Gasteiger charge is 2.55. The quantitative estimate of drug-likeness (QED) is 0.678. The van der Waals surface area contributed by atoms with Crippen molar-refractivity contribution in [3.05, 3.63) is 41.1 Å². The number of nitrogens with one attached hydrogen (secondary N) is 3. The third-order valence-corrected chi connectivity index (χ3v) is 6.30. The van der Waals surface area contributed by atoms with Crippen LogP contribution in [0, 0.1) is 17.2 Å². The Morgan fingerprint density at radius 3 is 2.97 bits per heavy atom. The Balaban J connectivity index is 1.54. The maximum Gasteiger partial charge on any atom is 0.245 e. The molecule has 9 heteroatoms. The SMILES string of the molecule is CCNC1=C2NC(=O)C(C)(N3CCC[C@@H](Nc4ccc(C#N)nn4)C3)C2CC(F)=C1. The first-order chi connectivity index (χ1) is 14.5. The van der Waals surface area contributed by atoms with Crippen LogP contribution in [0.5, 0.6) is 0 Å². The molecule has 3 aliphatic rings. The lowest BCUT2D eigenvalue weighted by Gasteiger charge is -2.45. The van der Waals surface area contributed by atoms with E-state index in [9.17, 15) is 9.18 Å². The zero-order valence-electron chi connectivity index (χ0n) is 17.2. The van der Waals surface area contributed by atoms with Gasteiger partial charge in [0.15, 0.2) is 5.69 Å². The Morgan fingerprint density at radius 2 is 2.27 bits per heavy atom. The molecule has 2 saturated heterocycles. The lowest BCUT2D eigenvalue weighted by atomic mass is 9.78. The van der Waals surface area contributed by atoms with Gasteiger partial charge in [-0.3, -0.25) is 9.69 Å². The van der Waals surface area contributed by atoms with Gasteiger partial charge in [-0.2, -0.15) is 5.26 Å². The van der Waals surface area contributed by atoms with Gasteiger partial charge in [0.1, 0.15) is 23.3 Å². The van der Waals surface area contributed by atoms with Crippen LogP contribution in [-0.2, 0) is 4.79 Å². The van der Waals surface area contributed by atoms with Crippen LogP contribution in [-0.4, -0.2) is 52.2 Å². The maximum atomic E-state index is 14.4. The Labute approximate surface area is 175 Å². The summed E-state index contributed by atoms with van der Waals surface area (Å²) in [4.78, 5) is 15.3. The monoisotopic (exact) mass is 411 g/mol. The highest BCUT2D eigenvalue weighted by molar-refractivity contribution is 5.92. The summed E-state index contributed by atoms with van der Waals surface area (Å²) in [5, 5.41) is 26.3. The number of aromatic nitrogens is 2. The molecule has 30 heavy (non-hydrogen) atoms. The zero-order valence-corrected chi connectivity index (χ0v) is 17.2. The first-order valence-corrected chi connectivity index (χ1v) is 10.4. The molecule has 1 aliphatic carbocycles. The topological polar surface area (TPSA) is 106 Å². The van der Waals surface area contributed by atoms with E-state index in [0.29, 0.717) is 24.6 Å². The Bertz CT molecular complexity index is 936. The molecule has 158 valence electrons. The zero-order chi connectivity index (χ0) is 21.3. The summed E-state index contributed by atoms with van der Waals surface area (Å²) in [6, 6.07) is 5.39. The van der Waals surface area contributed by atoms with E-state index in [1.54, 1.807) is 12.1 Å². The predicted molar refractivity (Wildman–Crippen MR) is 110 cm³/mol. The second kappa shape index (κ2) is 8.03. The van der Waals surface area contributed by atoms with Crippen LogP contribution >= 0.6 is 0 Å². The van der Waals surface area contributed by atoms with Crippen molar-refractivity contribution in [1.82, 2.24) is 25.7 Å². The van der Waals surface area contributed by atoms with Crippen molar-refractivity contribution in [3.8, 4) is 6.07 Å². The molecular weight excluding hydrogens is 385 g/mol. The van der Waals surface area contributed by atoms with Gasteiger partial charge >= 0.3 is 0 Å². The first-order valence-electron chi connectivity index (χ1n) is 10.4. The second-order valence-corrected chi connectivity index (χ2v) is 8.15. The molecule has 0 saturated carbocycles. The summed E-state index contributed by atoms with van der Waals surface area (Å²) in [5.74, 6) is 0.0582. The van der Waals surface area contributed by atoms with Gasteiger partial charge in [-0.25, -0.2) is 4.39 Å². The number of likely N-dealkylation sites (N-methyl/N-ethyl adjacent to an activating group) is 1. The Kier molecular flexibility index (Phi) is 5.43. The lowest BCUT2D eigenvalue weighted by Crippen LogP contribution is -2.59. The average Bonchev–Trinajstić information content (AvgIpc) is 3.01. The predicted octanol–water partition coefficient (Wildman–Crippen LogP) is 1.81. The molecule has 1 aromatic heterocycles. The van der Waals surface area contributed by atoms with E-state index in [-0.39, 0.29) is 35.8 Å². The number of piperidine rings is 1. The molecule has 0 spiro atoms. The van der Waals surface area contributed by atoms with E-state index < -0.39 is 5.54 Å². The summed E-state index contributed by atoms with van der Waals surface area (Å²) in [5.41, 5.74) is 0.906. The van der Waals surface area contributed by atoms with Crippen LogP contribution < -0.4 is 16.0 Å². The highest BCUT2D eigenvalue weighted by Crippen LogP contribution is 2.44. The minimum Gasteiger partial charge on any atom is -0.384 e. The molecular formula is C21H26FN7O. The molecule has 3 N–H and O–H groups in total. The van der Waals surface area contributed by atoms with Crippen LogP contribution in [0.25, 0.3) is 0 Å². The van der Waals surface area contributed by atoms with Crippen LogP contribution in [0.4, 0.5) is 10.2 Å². The van der Waals surface area contributed by atoms with Gasteiger partial charge in [0.2, 0.25) is 5.91 Å². The van der Waals surface area contributed by atoms with E-state index in [1.807, 2.05) is 19.9 Å². The number of nitrogens with zero attached hydrogens (tertiary/aromatic N) is 4. The number of anilines is 1. The minimum absolute atomic E-state index is 0.0795. The molecule has 2 unspecified atom stereocenters. The number of likely N-dealkylation sites (tertiary alicyclic amines) is 1. The summed E-state index contributed by atoms with van der Waals surface area (Å²) in [6.45, 7) is 5.94. The largest absolute Gasteiger partial charge is 0.384 e. The number of amides is 1. The third kappa shape index (κ3) is 3.52. The summed E-state index contributed by atoms with van der Waals surface area (Å²) < 4.78 is 14.4. The standard InChI is InChI=1S/C21H26FN7O/c1-3-24-17-10-13(22)9-16-19(17)26-20(30)21(16,2)29-8-4-5-15(12-29)25-18-7-6-14(11-23)27-28-18/h6-7,10,15-16,24H,3-5,8-9,12H2,1-2H3,(H,25,28)(H,26,30)/t15-,16?,21?/m1/s1. The Hall–Kier alpha value is -2.99. The van der Waals surface area contributed by atoms with Gasteiger partial charge < -0.3 is 16.0 Å². The number of nitriles is 1. The van der Waals surface area contributed by atoms with Crippen molar-refractivity contribution in [2.24, 2.45) is 5.92 Å². The number of carbonyl (C=O) groups excluding carboxylic acids is 1. The molecule has 2 aliphatic heterocycles. The van der Waals surface area contributed by atoms with Crippen LogP contribution in [0.1, 0.15) is 38.8 Å². The molecule has 3 atom stereocenters. The fourth-order valence-corrected chi connectivity index (χ4v) is 4.71. The summed E-state index contributed by atoms with van der Waals surface area (Å²) in [6.07, 6.45) is 3.55. The summed E-state index contributed by atoms with van der Waals surface area (Å²) in [7, 11) is 0. The Morgan fingerprint density at radius 1 is 1.43 bits per heavy atom. The van der Waals surface area contributed by atoms with Gasteiger partial charge in [-0.15, -0.1) is 10.2 Å². The molecule has 2 fully saturated rings. The average molecular weight is 411 g/mol. The van der Waals surface area contributed by atoms with Gasteiger partial charge in [-0.1, -0.05) is 0 Å². The smallest absolute Gasteiger partial charge is 0.245 e. The van der Waals surface area contributed by atoms with E-state index >= 15 is 0 Å². The highest BCUT2D eigenvalue weighted by atomic mass is 19.1. The fourth-order valence-electron chi connectivity index (χ4n) is 4.71.